The summed E-state index contributed by atoms with van der Waals surface area (Å²) in [5.74, 6) is 1.42. The first-order chi connectivity index (χ1) is 9.71. The third-order valence-electron chi connectivity index (χ3n) is 3.17. The van der Waals surface area contributed by atoms with E-state index < -0.39 is 0 Å². The van der Waals surface area contributed by atoms with E-state index in [2.05, 4.69) is 22.6 Å². The SMILES string of the molecule is CCNCc1cc(OC)c(OC)cc1-c1cnnn1C. The number of nitrogens with zero attached hydrogens (tertiary/aromatic N) is 3. The predicted molar refractivity (Wildman–Crippen MR) is 76.9 cm³/mol. The molecule has 0 amide bonds. The summed E-state index contributed by atoms with van der Waals surface area (Å²) < 4.78 is 12.5. The van der Waals surface area contributed by atoms with Crippen molar-refractivity contribution in [3.8, 4) is 22.8 Å². The lowest BCUT2D eigenvalue weighted by atomic mass is 10.0. The van der Waals surface area contributed by atoms with Crippen molar-refractivity contribution in [3.05, 3.63) is 23.9 Å². The Balaban J connectivity index is 2.54. The second-order valence-corrected chi connectivity index (χ2v) is 4.39. The first-order valence-corrected chi connectivity index (χ1v) is 6.51. The van der Waals surface area contributed by atoms with Gasteiger partial charge in [-0.15, -0.1) is 5.10 Å². The average molecular weight is 276 g/mol. The molecule has 0 saturated carbocycles. The van der Waals surface area contributed by atoms with E-state index in [0.717, 1.165) is 35.7 Å². The number of ether oxygens (including phenoxy) is 2. The Hall–Kier alpha value is -2.08. The highest BCUT2D eigenvalue weighted by Crippen LogP contribution is 2.35. The molecule has 0 fully saturated rings. The summed E-state index contributed by atoms with van der Waals surface area (Å²) in [6, 6.07) is 3.95. The number of nitrogens with one attached hydrogen (secondary N) is 1. The molecule has 1 aromatic carbocycles. The van der Waals surface area contributed by atoms with Gasteiger partial charge in [-0.25, -0.2) is 4.68 Å². The van der Waals surface area contributed by atoms with E-state index in [-0.39, 0.29) is 0 Å². The summed E-state index contributed by atoms with van der Waals surface area (Å²) in [6.07, 6.45) is 1.75. The molecule has 20 heavy (non-hydrogen) atoms. The average Bonchev–Trinajstić information content (AvgIpc) is 2.90. The Morgan fingerprint density at radius 1 is 1.20 bits per heavy atom. The number of hydrogen-bond acceptors (Lipinski definition) is 5. The van der Waals surface area contributed by atoms with Gasteiger partial charge in [0.25, 0.3) is 0 Å². The van der Waals surface area contributed by atoms with Crippen LogP contribution in [0.3, 0.4) is 0 Å². The number of aryl methyl sites for hydroxylation is 1. The summed E-state index contributed by atoms with van der Waals surface area (Å²) in [4.78, 5) is 0. The van der Waals surface area contributed by atoms with E-state index in [1.807, 2.05) is 19.2 Å². The number of methoxy groups -OCH3 is 2. The fourth-order valence-corrected chi connectivity index (χ4v) is 2.10. The molecule has 0 radical (unpaired) electrons. The molecule has 1 N–H and O–H groups in total. The molecule has 108 valence electrons. The molecule has 1 heterocycles. The lowest BCUT2D eigenvalue weighted by molar-refractivity contribution is 0.354. The van der Waals surface area contributed by atoms with Gasteiger partial charge in [0, 0.05) is 19.2 Å². The van der Waals surface area contributed by atoms with Crippen molar-refractivity contribution in [1.82, 2.24) is 20.3 Å². The monoisotopic (exact) mass is 276 g/mol. The summed E-state index contributed by atoms with van der Waals surface area (Å²) in [6.45, 7) is 3.72. The summed E-state index contributed by atoms with van der Waals surface area (Å²) in [5.41, 5.74) is 3.10. The molecule has 0 bridgehead atoms. The van der Waals surface area contributed by atoms with E-state index in [0.29, 0.717) is 5.75 Å². The number of aromatic nitrogens is 3. The highest BCUT2D eigenvalue weighted by Gasteiger charge is 2.15. The van der Waals surface area contributed by atoms with Crippen molar-refractivity contribution in [2.45, 2.75) is 13.5 Å². The molecule has 0 spiro atoms. The molecular weight excluding hydrogens is 256 g/mol. The zero-order valence-electron chi connectivity index (χ0n) is 12.3. The molecule has 6 heteroatoms. The van der Waals surface area contributed by atoms with Gasteiger partial charge in [-0.3, -0.25) is 0 Å². The normalized spacial score (nSPS) is 10.6. The van der Waals surface area contributed by atoms with Crippen molar-refractivity contribution >= 4 is 0 Å². The van der Waals surface area contributed by atoms with Crippen molar-refractivity contribution in [2.75, 3.05) is 20.8 Å². The molecule has 2 aromatic rings. The molecule has 6 nitrogen and oxygen atoms in total. The molecule has 0 aliphatic carbocycles. The van der Waals surface area contributed by atoms with Crippen LogP contribution in [0.1, 0.15) is 12.5 Å². The quantitative estimate of drug-likeness (QED) is 0.868. The molecule has 0 saturated heterocycles. The Kier molecular flexibility index (Phi) is 4.57. The first kappa shape index (κ1) is 14.3. The first-order valence-electron chi connectivity index (χ1n) is 6.51. The van der Waals surface area contributed by atoms with Gasteiger partial charge < -0.3 is 14.8 Å². The maximum absolute atomic E-state index is 5.38. The lowest BCUT2D eigenvalue weighted by Crippen LogP contribution is -2.13. The molecule has 0 aliphatic heterocycles. The maximum atomic E-state index is 5.38. The summed E-state index contributed by atoms with van der Waals surface area (Å²) >= 11 is 0. The van der Waals surface area contributed by atoms with Crippen LogP contribution in [-0.2, 0) is 13.6 Å². The summed E-state index contributed by atoms with van der Waals surface area (Å²) in [5, 5.41) is 11.3. The van der Waals surface area contributed by atoms with Crippen LogP contribution >= 0.6 is 0 Å². The van der Waals surface area contributed by atoms with Crippen LogP contribution in [0.4, 0.5) is 0 Å². The van der Waals surface area contributed by atoms with Gasteiger partial charge >= 0.3 is 0 Å². The van der Waals surface area contributed by atoms with Gasteiger partial charge in [0.2, 0.25) is 0 Å². The van der Waals surface area contributed by atoms with Crippen molar-refractivity contribution in [3.63, 3.8) is 0 Å². The molecule has 0 atom stereocenters. The fraction of sp³-hybridized carbons (Fsp3) is 0.429. The van der Waals surface area contributed by atoms with Crippen LogP contribution in [0.25, 0.3) is 11.3 Å². The predicted octanol–water partition coefficient (Wildman–Crippen LogP) is 1.61. The zero-order valence-corrected chi connectivity index (χ0v) is 12.3. The molecule has 0 unspecified atom stereocenters. The highest BCUT2D eigenvalue weighted by molar-refractivity contribution is 5.68. The minimum Gasteiger partial charge on any atom is -0.493 e. The minimum atomic E-state index is 0.698. The highest BCUT2D eigenvalue weighted by atomic mass is 16.5. The van der Waals surface area contributed by atoms with E-state index in [1.54, 1.807) is 25.1 Å². The van der Waals surface area contributed by atoms with Crippen LogP contribution < -0.4 is 14.8 Å². The van der Waals surface area contributed by atoms with Crippen molar-refractivity contribution in [2.24, 2.45) is 7.05 Å². The van der Waals surface area contributed by atoms with E-state index in [1.165, 1.54) is 0 Å². The van der Waals surface area contributed by atoms with Crippen LogP contribution in [0, 0.1) is 0 Å². The lowest BCUT2D eigenvalue weighted by Gasteiger charge is -2.15. The van der Waals surface area contributed by atoms with Crippen LogP contribution in [0.15, 0.2) is 18.3 Å². The maximum Gasteiger partial charge on any atom is 0.161 e. The third-order valence-corrected chi connectivity index (χ3v) is 3.17. The molecular formula is C14H20N4O2. The Labute approximate surface area is 118 Å². The third kappa shape index (κ3) is 2.75. The number of hydrogen-bond donors (Lipinski definition) is 1. The Morgan fingerprint density at radius 3 is 2.45 bits per heavy atom. The molecule has 0 aliphatic rings. The van der Waals surface area contributed by atoms with E-state index in [4.69, 9.17) is 9.47 Å². The van der Waals surface area contributed by atoms with Gasteiger partial charge in [-0.05, 0) is 24.2 Å². The number of benzene rings is 1. The second kappa shape index (κ2) is 6.38. The van der Waals surface area contributed by atoms with Gasteiger partial charge in [-0.1, -0.05) is 12.1 Å². The van der Waals surface area contributed by atoms with Gasteiger partial charge in [0.05, 0.1) is 26.1 Å². The van der Waals surface area contributed by atoms with Crippen LogP contribution in [0.2, 0.25) is 0 Å². The molecule has 2 rings (SSSR count). The zero-order chi connectivity index (χ0) is 14.5. The Bertz CT molecular complexity index is 581. The van der Waals surface area contributed by atoms with Gasteiger partial charge in [-0.2, -0.15) is 0 Å². The topological polar surface area (TPSA) is 61.2 Å². The molecule has 1 aromatic heterocycles. The van der Waals surface area contributed by atoms with Gasteiger partial charge in [0.15, 0.2) is 11.5 Å². The summed E-state index contributed by atoms with van der Waals surface area (Å²) in [7, 11) is 5.14. The largest absolute Gasteiger partial charge is 0.493 e. The van der Waals surface area contributed by atoms with Crippen molar-refractivity contribution in [1.29, 1.82) is 0 Å². The Morgan fingerprint density at radius 2 is 1.90 bits per heavy atom. The van der Waals surface area contributed by atoms with Crippen LogP contribution in [-0.4, -0.2) is 35.8 Å². The standard InChI is InChI=1S/C14H20N4O2/c1-5-15-8-10-6-13(19-3)14(20-4)7-11(10)12-9-16-17-18(12)2/h6-7,9,15H,5,8H2,1-4H3. The van der Waals surface area contributed by atoms with Crippen LogP contribution in [0.5, 0.6) is 11.5 Å². The fourth-order valence-electron chi connectivity index (χ4n) is 2.10. The second-order valence-electron chi connectivity index (χ2n) is 4.39. The number of rotatable bonds is 6. The van der Waals surface area contributed by atoms with E-state index in [9.17, 15) is 0 Å². The van der Waals surface area contributed by atoms with Crippen molar-refractivity contribution < 1.29 is 9.47 Å². The minimum absolute atomic E-state index is 0.698. The smallest absolute Gasteiger partial charge is 0.161 e. The van der Waals surface area contributed by atoms with E-state index >= 15 is 0 Å². The van der Waals surface area contributed by atoms with Gasteiger partial charge in [0.1, 0.15) is 0 Å².